The fraction of sp³-hybridized carbons (Fsp3) is 0.167. The number of carbonyl (C=O) groups excluding carboxylic acids is 2. The van der Waals surface area contributed by atoms with Crippen LogP contribution in [-0.4, -0.2) is 29.8 Å². The fourth-order valence-electron chi connectivity index (χ4n) is 2.17. The number of benzene rings is 2. The van der Waals surface area contributed by atoms with Crippen molar-refractivity contribution in [3.63, 3.8) is 0 Å². The van der Waals surface area contributed by atoms with E-state index in [4.69, 9.17) is 5.26 Å². The van der Waals surface area contributed by atoms with Gasteiger partial charge in [-0.25, -0.2) is 0 Å². The maximum absolute atomic E-state index is 12.8. The summed E-state index contributed by atoms with van der Waals surface area (Å²) in [6.07, 6.45) is 0. The number of hydrogen-bond donors (Lipinski definition) is 1. The summed E-state index contributed by atoms with van der Waals surface area (Å²) in [5, 5.41) is 11.0. The van der Waals surface area contributed by atoms with Crippen LogP contribution in [0.25, 0.3) is 0 Å². The molecule has 5 nitrogen and oxygen atoms in total. The lowest BCUT2D eigenvalue weighted by Gasteiger charge is -2.22. The normalized spacial score (nSPS) is 9.83. The van der Waals surface area contributed by atoms with Crippen LogP contribution >= 0.6 is 22.6 Å². The van der Waals surface area contributed by atoms with Gasteiger partial charge in [-0.1, -0.05) is 36.4 Å². The zero-order chi connectivity index (χ0) is 17.4. The van der Waals surface area contributed by atoms with Crippen LogP contribution in [-0.2, 0) is 11.3 Å². The van der Waals surface area contributed by atoms with E-state index in [1.54, 1.807) is 12.1 Å². The molecule has 6 heteroatoms. The van der Waals surface area contributed by atoms with E-state index in [2.05, 4.69) is 27.9 Å². The number of halogens is 1. The van der Waals surface area contributed by atoms with E-state index in [0.717, 1.165) is 9.13 Å². The third-order valence-electron chi connectivity index (χ3n) is 3.27. The van der Waals surface area contributed by atoms with Gasteiger partial charge in [-0.3, -0.25) is 9.59 Å². The Hall–Kier alpha value is -2.40. The minimum atomic E-state index is -0.355. The Bertz CT molecular complexity index is 756. The Morgan fingerprint density at radius 3 is 2.54 bits per heavy atom. The zero-order valence-corrected chi connectivity index (χ0v) is 15.1. The first kappa shape index (κ1) is 17.9. The molecule has 0 unspecified atom stereocenters. The average molecular weight is 433 g/mol. The van der Waals surface area contributed by atoms with Gasteiger partial charge in [-0.2, -0.15) is 5.26 Å². The van der Waals surface area contributed by atoms with E-state index < -0.39 is 0 Å². The predicted molar refractivity (Wildman–Crippen MR) is 99.0 cm³/mol. The van der Waals surface area contributed by atoms with Crippen molar-refractivity contribution in [1.82, 2.24) is 10.2 Å². The highest BCUT2D eigenvalue weighted by Crippen LogP contribution is 2.13. The number of nitrogens with one attached hydrogen (secondary N) is 1. The monoisotopic (exact) mass is 433 g/mol. The van der Waals surface area contributed by atoms with Crippen molar-refractivity contribution in [2.75, 3.05) is 13.1 Å². The Labute approximate surface area is 154 Å². The highest BCUT2D eigenvalue weighted by atomic mass is 127. The molecule has 122 valence electrons. The van der Waals surface area contributed by atoms with Gasteiger partial charge in [0.25, 0.3) is 5.91 Å². The Morgan fingerprint density at radius 1 is 1.12 bits per heavy atom. The van der Waals surface area contributed by atoms with E-state index >= 15 is 0 Å². The van der Waals surface area contributed by atoms with Crippen LogP contribution in [0, 0.1) is 14.9 Å². The Balaban J connectivity index is 2.19. The van der Waals surface area contributed by atoms with E-state index in [0.29, 0.717) is 12.1 Å². The molecule has 2 aromatic carbocycles. The minimum absolute atomic E-state index is 0.0740. The average Bonchev–Trinajstić information content (AvgIpc) is 2.59. The van der Waals surface area contributed by atoms with Crippen molar-refractivity contribution in [1.29, 1.82) is 5.26 Å². The van der Waals surface area contributed by atoms with Crippen LogP contribution in [0.1, 0.15) is 15.9 Å². The highest BCUT2D eigenvalue weighted by molar-refractivity contribution is 14.1. The number of hydrogen-bond acceptors (Lipinski definition) is 3. The Kier molecular flexibility index (Phi) is 6.75. The van der Waals surface area contributed by atoms with Crippen LogP contribution in [0.15, 0.2) is 54.6 Å². The molecule has 0 saturated carbocycles. The van der Waals surface area contributed by atoms with Gasteiger partial charge in [0, 0.05) is 15.7 Å². The molecular weight excluding hydrogens is 417 g/mol. The minimum Gasteiger partial charge on any atom is -0.341 e. The third kappa shape index (κ3) is 5.35. The lowest BCUT2D eigenvalue weighted by molar-refractivity contribution is -0.121. The first-order valence-electron chi connectivity index (χ1n) is 7.32. The molecule has 0 bridgehead atoms. The van der Waals surface area contributed by atoms with Gasteiger partial charge in [0.15, 0.2) is 0 Å². The summed E-state index contributed by atoms with van der Waals surface area (Å²) in [6, 6.07) is 18.6. The van der Waals surface area contributed by atoms with Crippen molar-refractivity contribution in [2.45, 2.75) is 6.54 Å². The van der Waals surface area contributed by atoms with Crippen LogP contribution in [0.5, 0.6) is 0 Å². The lowest BCUT2D eigenvalue weighted by Crippen LogP contribution is -2.40. The van der Waals surface area contributed by atoms with Gasteiger partial charge in [-0.05, 0) is 46.4 Å². The van der Waals surface area contributed by atoms with Gasteiger partial charge >= 0.3 is 0 Å². The van der Waals surface area contributed by atoms with E-state index in [-0.39, 0.29) is 24.9 Å². The van der Waals surface area contributed by atoms with Gasteiger partial charge in [0.2, 0.25) is 5.91 Å². The fourth-order valence-corrected chi connectivity index (χ4v) is 2.72. The molecule has 0 aliphatic rings. The standard InChI is InChI=1S/C18H16IN3O2/c19-16-8-4-7-15(11-16)18(24)22(13-17(23)21-10-9-20)12-14-5-2-1-3-6-14/h1-8,11H,10,12-13H2,(H,21,23). The summed E-state index contributed by atoms with van der Waals surface area (Å²) < 4.78 is 0.951. The summed E-state index contributed by atoms with van der Waals surface area (Å²) in [7, 11) is 0. The number of amides is 2. The molecule has 0 saturated heterocycles. The Morgan fingerprint density at radius 2 is 1.88 bits per heavy atom. The first-order valence-corrected chi connectivity index (χ1v) is 8.40. The van der Waals surface area contributed by atoms with Gasteiger partial charge < -0.3 is 10.2 Å². The third-order valence-corrected chi connectivity index (χ3v) is 3.95. The topological polar surface area (TPSA) is 73.2 Å². The maximum Gasteiger partial charge on any atom is 0.254 e. The second-order valence-electron chi connectivity index (χ2n) is 5.09. The molecule has 2 aromatic rings. The summed E-state index contributed by atoms with van der Waals surface area (Å²) in [4.78, 5) is 26.2. The summed E-state index contributed by atoms with van der Waals surface area (Å²) in [5.74, 6) is -0.573. The predicted octanol–water partition coefficient (Wildman–Crippen LogP) is 2.57. The van der Waals surface area contributed by atoms with Gasteiger partial charge in [0.1, 0.15) is 13.1 Å². The van der Waals surface area contributed by atoms with Crippen molar-refractivity contribution >= 4 is 34.4 Å². The smallest absolute Gasteiger partial charge is 0.254 e. The van der Waals surface area contributed by atoms with E-state index in [9.17, 15) is 9.59 Å². The second kappa shape index (κ2) is 9.03. The quantitative estimate of drug-likeness (QED) is 0.563. The molecule has 0 aromatic heterocycles. The van der Waals surface area contributed by atoms with E-state index in [1.165, 1.54) is 4.90 Å². The van der Waals surface area contributed by atoms with Crippen molar-refractivity contribution in [3.05, 3.63) is 69.3 Å². The maximum atomic E-state index is 12.8. The van der Waals surface area contributed by atoms with Crippen LogP contribution in [0.3, 0.4) is 0 Å². The molecule has 0 atom stereocenters. The van der Waals surface area contributed by atoms with Crippen molar-refractivity contribution in [2.24, 2.45) is 0 Å². The number of carbonyl (C=O) groups is 2. The molecule has 0 fully saturated rings. The molecular formula is C18H16IN3O2. The summed E-state index contributed by atoms with van der Waals surface area (Å²) in [6.45, 7) is 0.154. The molecule has 2 amide bonds. The zero-order valence-electron chi connectivity index (χ0n) is 12.9. The SMILES string of the molecule is N#CCNC(=O)CN(Cc1ccccc1)C(=O)c1cccc(I)c1. The number of nitrogens with zero attached hydrogens (tertiary/aromatic N) is 2. The largest absolute Gasteiger partial charge is 0.341 e. The van der Waals surface area contributed by atoms with Crippen LogP contribution < -0.4 is 5.32 Å². The molecule has 0 aliphatic carbocycles. The molecule has 0 heterocycles. The molecule has 2 rings (SSSR count). The molecule has 0 spiro atoms. The highest BCUT2D eigenvalue weighted by Gasteiger charge is 2.19. The van der Waals surface area contributed by atoms with Crippen LogP contribution in [0.4, 0.5) is 0 Å². The van der Waals surface area contributed by atoms with Gasteiger partial charge in [-0.15, -0.1) is 0 Å². The van der Waals surface area contributed by atoms with Gasteiger partial charge in [0.05, 0.1) is 6.07 Å². The number of rotatable bonds is 6. The lowest BCUT2D eigenvalue weighted by atomic mass is 10.1. The molecule has 1 N–H and O–H groups in total. The summed E-state index contributed by atoms with van der Waals surface area (Å²) in [5.41, 5.74) is 1.47. The van der Waals surface area contributed by atoms with Crippen molar-refractivity contribution < 1.29 is 9.59 Å². The molecule has 24 heavy (non-hydrogen) atoms. The first-order chi connectivity index (χ1) is 11.6. The summed E-state index contributed by atoms with van der Waals surface area (Å²) >= 11 is 2.14. The van der Waals surface area contributed by atoms with Crippen molar-refractivity contribution in [3.8, 4) is 6.07 Å². The second-order valence-corrected chi connectivity index (χ2v) is 6.34. The molecule has 0 aliphatic heterocycles. The number of nitriles is 1. The van der Waals surface area contributed by atoms with Crippen LogP contribution in [0.2, 0.25) is 0 Å². The van der Waals surface area contributed by atoms with E-state index in [1.807, 2.05) is 48.5 Å². The molecule has 0 radical (unpaired) electrons.